The second kappa shape index (κ2) is 6.91. The molecule has 0 unspecified atom stereocenters. The largest absolute Gasteiger partial charge is 0.418 e. The molecule has 142 valence electrons. The summed E-state index contributed by atoms with van der Waals surface area (Å²) in [5, 5.41) is 3.62. The number of aryl methyl sites for hydroxylation is 2. The van der Waals surface area contributed by atoms with Crippen molar-refractivity contribution in [1.82, 2.24) is 9.97 Å². The van der Waals surface area contributed by atoms with Crippen molar-refractivity contribution in [2.24, 2.45) is 0 Å². The van der Waals surface area contributed by atoms with Crippen LogP contribution in [0.25, 0.3) is 21.3 Å². The van der Waals surface area contributed by atoms with E-state index in [-0.39, 0.29) is 5.69 Å². The van der Waals surface area contributed by atoms with E-state index in [1.165, 1.54) is 29.8 Å². The standard InChI is InChI=1S/C21H16F3N3S/c1-12-7-9-14(10-8-12)17-13(2)28-20-18(17)19(25-11-26-20)27-16-6-4-3-5-15(16)21(22,23)24/h3-11H,1-2H3,(H,25,26,27). The van der Waals surface area contributed by atoms with E-state index in [0.29, 0.717) is 5.82 Å². The molecule has 4 aromatic rings. The highest BCUT2D eigenvalue weighted by atomic mass is 32.1. The van der Waals surface area contributed by atoms with Gasteiger partial charge in [-0.25, -0.2) is 9.97 Å². The molecule has 0 aliphatic rings. The number of benzene rings is 2. The first-order valence-corrected chi connectivity index (χ1v) is 9.40. The summed E-state index contributed by atoms with van der Waals surface area (Å²) in [4.78, 5) is 10.3. The second-order valence-electron chi connectivity index (χ2n) is 6.47. The van der Waals surface area contributed by atoms with Gasteiger partial charge in [-0.1, -0.05) is 42.0 Å². The monoisotopic (exact) mass is 399 g/mol. The molecular formula is C21H16F3N3S. The fraction of sp³-hybridized carbons (Fsp3) is 0.143. The number of nitrogens with one attached hydrogen (secondary N) is 1. The van der Waals surface area contributed by atoms with Gasteiger partial charge in [0.25, 0.3) is 0 Å². The number of aromatic nitrogens is 2. The van der Waals surface area contributed by atoms with Crippen molar-refractivity contribution in [3.8, 4) is 11.1 Å². The molecule has 0 saturated heterocycles. The van der Waals surface area contributed by atoms with E-state index < -0.39 is 11.7 Å². The lowest BCUT2D eigenvalue weighted by atomic mass is 10.0. The number of anilines is 2. The number of hydrogen-bond donors (Lipinski definition) is 1. The van der Waals surface area contributed by atoms with Gasteiger partial charge in [-0.3, -0.25) is 0 Å². The molecule has 0 atom stereocenters. The molecule has 7 heteroatoms. The van der Waals surface area contributed by atoms with E-state index in [0.717, 1.165) is 37.9 Å². The van der Waals surface area contributed by atoms with Crippen molar-refractivity contribution in [2.45, 2.75) is 20.0 Å². The van der Waals surface area contributed by atoms with E-state index in [9.17, 15) is 13.2 Å². The maximum Gasteiger partial charge on any atom is 0.418 e. The molecule has 0 aliphatic carbocycles. The quantitative estimate of drug-likeness (QED) is 0.415. The van der Waals surface area contributed by atoms with E-state index in [2.05, 4.69) is 15.3 Å². The van der Waals surface area contributed by atoms with Crippen LogP contribution >= 0.6 is 11.3 Å². The highest BCUT2D eigenvalue weighted by Gasteiger charge is 2.33. The highest BCUT2D eigenvalue weighted by molar-refractivity contribution is 7.19. The van der Waals surface area contributed by atoms with Crippen LogP contribution in [-0.4, -0.2) is 9.97 Å². The van der Waals surface area contributed by atoms with Gasteiger partial charge in [-0.15, -0.1) is 11.3 Å². The zero-order valence-electron chi connectivity index (χ0n) is 15.1. The molecule has 28 heavy (non-hydrogen) atoms. The van der Waals surface area contributed by atoms with Crippen LogP contribution in [0.2, 0.25) is 0 Å². The van der Waals surface area contributed by atoms with Gasteiger partial charge in [0.15, 0.2) is 0 Å². The number of fused-ring (bicyclic) bond motifs is 1. The van der Waals surface area contributed by atoms with Gasteiger partial charge in [-0.05, 0) is 31.5 Å². The molecule has 1 N–H and O–H groups in total. The molecule has 2 heterocycles. The number of para-hydroxylation sites is 1. The van der Waals surface area contributed by atoms with Crippen LogP contribution in [0.1, 0.15) is 16.0 Å². The summed E-state index contributed by atoms with van der Waals surface area (Å²) in [5.74, 6) is 0.363. The number of hydrogen-bond acceptors (Lipinski definition) is 4. The van der Waals surface area contributed by atoms with E-state index in [4.69, 9.17) is 0 Å². The summed E-state index contributed by atoms with van der Waals surface area (Å²) in [6.07, 6.45) is -3.09. The van der Waals surface area contributed by atoms with Crippen molar-refractivity contribution in [3.05, 3.63) is 70.9 Å². The zero-order chi connectivity index (χ0) is 19.9. The fourth-order valence-electron chi connectivity index (χ4n) is 3.17. The van der Waals surface area contributed by atoms with Crippen LogP contribution in [0, 0.1) is 13.8 Å². The number of halogens is 3. The van der Waals surface area contributed by atoms with E-state index in [1.807, 2.05) is 38.1 Å². The smallest absolute Gasteiger partial charge is 0.339 e. The summed E-state index contributed by atoms with van der Waals surface area (Å²) < 4.78 is 40.1. The molecule has 2 aromatic heterocycles. The summed E-state index contributed by atoms with van der Waals surface area (Å²) in [7, 11) is 0. The van der Waals surface area contributed by atoms with Crippen LogP contribution in [-0.2, 0) is 6.18 Å². The van der Waals surface area contributed by atoms with Crippen molar-refractivity contribution in [3.63, 3.8) is 0 Å². The number of nitrogens with zero attached hydrogens (tertiary/aromatic N) is 2. The number of rotatable bonds is 3. The third-order valence-corrected chi connectivity index (χ3v) is 5.50. The third-order valence-electron chi connectivity index (χ3n) is 4.49. The first kappa shape index (κ1) is 18.4. The zero-order valence-corrected chi connectivity index (χ0v) is 15.9. The average Bonchev–Trinajstić information content (AvgIpc) is 2.99. The van der Waals surface area contributed by atoms with Crippen LogP contribution in [0.3, 0.4) is 0 Å². The van der Waals surface area contributed by atoms with Crippen LogP contribution in [0.4, 0.5) is 24.7 Å². The Bertz CT molecular complexity index is 1150. The minimum Gasteiger partial charge on any atom is -0.339 e. The van der Waals surface area contributed by atoms with Gasteiger partial charge >= 0.3 is 6.18 Å². The first-order valence-electron chi connectivity index (χ1n) is 8.59. The lowest BCUT2D eigenvalue weighted by molar-refractivity contribution is -0.136. The minimum atomic E-state index is -4.46. The molecular weight excluding hydrogens is 383 g/mol. The van der Waals surface area contributed by atoms with Crippen molar-refractivity contribution >= 4 is 33.1 Å². The summed E-state index contributed by atoms with van der Waals surface area (Å²) in [6.45, 7) is 3.99. The molecule has 0 amide bonds. The predicted octanol–water partition coefficient (Wildman–Crippen LogP) is 6.74. The Morgan fingerprint density at radius 3 is 2.36 bits per heavy atom. The van der Waals surface area contributed by atoms with Gasteiger partial charge in [0, 0.05) is 10.4 Å². The molecule has 3 nitrogen and oxygen atoms in total. The van der Waals surface area contributed by atoms with Crippen LogP contribution < -0.4 is 5.32 Å². The molecule has 0 aliphatic heterocycles. The Labute approximate surface area is 163 Å². The Balaban J connectivity index is 1.89. The molecule has 0 radical (unpaired) electrons. The summed E-state index contributed by atoms with van der Waals surface area (Å²) in [6, 6.07) is 13.4. The van der Waals surface area contributed by atoms with Gasteiger partial charge in [-0.2, -0.15) is 13.2 Å². The number of thiophene rings is 1. The lowest BCUT2D eigenvalue weighted by Gasteiger charge is -2.15. The van der Waals surface area contributed by atoms with E-state index >= 15 is 0 Å². The Hall–Kier alpha value is -2.93. The van der Waals surface area contributed by atoms with E-state index in [1.54, 1.807) is 6.07 Å². The minimum absolute atomic E-state index is 0.0336. The molecule has 0 fully saturated rings. The summed E-state index contributed by atoms with van der Waals surface area (Å²) in [5.41, 5.74) is 2.29. The molecule has 4 rings (SSSR count). The van der Waals surface area contributed by atoms with Crippen molar-refractivity contribution < 1.29 is 13.2 Å². The topological polar surface area (TPSA) is 37.8 Å². The fourth-order valence-corrected chi connectivity index (χ4v) is 4.19. The van der Waals surface area contributed by atoms with Crippen molar-refractivity contribution in [2.75, 3.05) is 5.32 Å². The van der Waals surface area contributed by atoms with Gasteiger partial charge in [0.05, 0.1) is 16.6 Å². The SMILES string of the molecule is Cc1ccc(-c2c(C)sc3ncnc(Nc4ccccc4C(F)(F)F)c23)cc1. The Morgan fingerprint density at radius 2 is 1.64 bits per heavy atom. The van der Waals surface area contributed by atoms with Gasteiger partial charge < -0.3 is 5.32 Å². The van der Waals surface area contributed by atoms with Crippen LogP contribution in [0.15, 0.2) is 54.9 Å². The Morgan fingerprint density at radius 1 is 0.929 bits per heavy atom. The maximum absolute atomic E-state index is 13.4. The molecule has 2 aromatic carbocycles. The maximum atomic E-state index is 13.4. The lowest BCUT2D eigenvalue weighted by Crippen LogP contribution is -2.09. The molecule has 0 bridgehead atoms. The summed E-state index contributed by atoms with van der Waals surface area (Å²) >= 11 is 1.50. The van der Waals surface area contributed by atoms with Gasteiger partial charge in [0.1, 0.15) is 17.0 Å². The van der Waals surface area contributed by atoms with Gasteiger partial charge in [0.2, 0.25) is 0 Å². The third kappa shape index (κ3) is 3.33. The normalized spacial score (nSPS) is 11.8. The molecule has 0 saturated carbocycles. The predicted molar refractivity (Wildman–Crippen MR) is 107 cm³/mol. The molecule has 0 spiro atoms. The second-order valence-corrected chi connectivity index (χ2v) is 7.67. The highest BCUT2D eigenvalue weighted by Crippen LogP contribution is 2.42. The average molecular weight is 399 g/mol. The number of alkyl halides is 3. The Kier molecular flexibility index (Phi) is 4.55. The van der Waals surface area contributed by atoms with Crippen molar-refractivity contribution in [1.29, 1.82) is 0 Å². The van der Waals surface area contributed by atoms with Crippen LogP contribution in [0.5, 0.6) is 0 Å². The first-order chi connectivity index (χ1) is 13.3.